The van der Waals surface area contributed by atoms with E-state index in [1.807, 2.05) is 42.5 Å². The summed E-state index contributed by atoms with van der Waals surface area (Å²) in [5.41, 5.74) is 3.15. The Bertz CT molecular complexity index is 828. The fraction of sp³-hybridized carbons (Fsp3) is 0.400. The summed E-state index contributed by atoms with van der Waals surface area (Å²) in [5.74, 6) is 4.26. The summed E-state index contributed by atoms with van der Waals surface area (Å²) in [7, 11) is 2.52. The van der Waals surface area contributed by atoms with Crippen molar-refractivity contribution in [2.75, 3.05) is 14.2 Å². The van der Waals surface area contributed by atoms with E-state index in [1.165, 1.54) is 14.2 Å². The van der Waals surface area contributed by atoms with Crippen LogP contribution in [0.2, 0.25) is 0 Å². The molecule has 0 saturated carbocycles. The lowest BCUT2D eigenvalue weighted by Crippen LogP contribution is -2.41. The van der Waals surface area contributed by atoms with Crippen LogP contribution in [0, 0.1) is 22.7 Å². The predicted molar refractivity (Wildman–Crippen MR) is 116 cm³/mol. The van der Waals surface area contributed by atoms with Crippen LogP contribution in [0.3, 0.4) is 0 Å². The summed E-state index contributed by atoms with van der Waals surface area (Å²) in [6.07, 6.45) is 4.62. The van der Waals surface area contributed by atoms with Crippen molar-refractivity contribution in [1.29, 1.82) is 0 Å². The van der Waals surface area contributed by atoms with Crippen LogP contribution < -0.4 is 0 Å². The Morgan fingerprint density at radius 1 is 1.10 bits per heavy atom. The smallest absolute Gasteiger partial charge is 0.324 e. The minimum atomic E-state index is -1.57. The lowest BCUT2D eigenvalue weighted by molar-refractivity contribution is -0.168. The number of esters is 2. The molecular weight excluding hydrogens is 364 g/mol. The van der Waals surface area contributed by atoms with E-state index in [0.717, 1.165) is 12.0 Å². The van der Waals surface area contributed by atoms with Gasteiger partial charge in [0.15, 0.2) is 5.41 Å². The average Bonchev–Trinajstić information content (AvgIpc) is 2.72. The number of hydrogen-bond donors (Lipinski definition) is 0. The number of rotatable bonds is 9. The van der Waals surface area contributed by atoms with E-state index in [2.05, 4.69) is 38.0 Å². The third kappa shape index (κ3) is 6.52. The number of hydrogen-bond acceptors (Lipinski definition) is 4. The molecule has 0 radical (unpaired) electrons. The third-order valence-corrected chi connectivity index (χ3v) is 4.63. The summed E-state index contributed by atoms with van der Waals surface area (Å²) >= 11 is 0. The van der Waals surface area contributed by atoms with Crippen molar-refractivity contribution in [2.45, 2.75) is 40.0 Å². The minimum Gasteiger partial charge on any atom is -0.468 e. The molecule has 1 aromatic rings. The first-order valence-electron chi connectivity index (χ1n) is 9.46. The molecule has 0 heterocycles. The number of ether oxygens (including phenoxy) is 2. The van der Waals surface area contributed by atoms with E-state index < -0.39 is 17.4 Å². The molecule has 1 aromatic carbocycles. The van der Waals surface area contributed by atoms with Gasteiger partial charge in [-0.15, -0.1) is 24.2 Å². The van der Waals surface area contributed by atoms with E-state index in [9.17, 15) is 9.59 Å². The average molecular weight is 395 g/mol. The summed E-state index contributed by atoms with van der Waals surface area (Å²) in [6.45, 7) is 9.60. The van der Waals surface area contributed by atoms with E-state index in [1.54, 1.807) is 6.92 Å². The molecule has 0 amide bonds. The lowest BCUT2D eigenvalue weighted by atomic mass is 9.77. The molecule has 0 aliphatic rings. The zero-order valence-corrected chi connectivity index (χ0v) is 18.0. The molecule has 0 unspecified atom stereocenters. The van der Waals surface area contributed by atoms with E-state index in [4.69, 9.17) is 9.47 Å². The highest BCUT2D eigenvalue weighted by molar-refractivity contribution is 6.02. The fourth-order valence-corrected chi connectivity index (χ4v) is 2.96. The fourth-order valence-electron chi connectivity index (χ4n) is 2.96. The largest absolute Gasteiger partial charge is 0.468 e. The van der Waals surface area contributed by atoms with Gasteiger partial charge in [0.2, 0.25) is 0 Å². The highest BCUT2D eigenvalue weighted by atomic mass is 16.5. The summed E-state index contributed by atoms with van der Waals surface area (Å²) in [4.78, 5) is 25.5. The van der Waals surface area contributed by atoms with Gasteiger partial charge in [-0.2, -0.15) is 0 Å². The second-order valence-corrected chi connectivity index (χ2v) is 7.46. The zero-order chi connectivity index (χ0) is 21.9. The molecular formula is C25H30O4. The van der Waals surface area contributed by atoms with Gasteiger partial charge >= 0.3 is 11.9 Å². The van der Waals surface area contributed by atoms with Gasteiger partial charge in [0.1, 0.15) is 0 Å². The van der Waals surface area contributed by atoms with Crippen molar-refractivity contribution in [3.05, 3.63) is 60.4 Å². The van der Waals surface area contributed by atoms with Gasteiger partial charge in [0, 0.05) is 18.4 Å². The first-order chi connectivity index (χ1) is 13.8. The van der Waals surface area contributed by atoms with Crippen molar-refractivity contribution < 1.29 is 19.1 Å². The van der Waals surface area contributed by atoms with Crippen LogP contribution in [0.4, 0.5) is 0 Å². The molecule has 0 saturated heterocycles. The Labute approximate surface area is 174 Å². The van der Waals surface area contributed by atoms with Gasteiger partial charge in [-0.05, 0) is 30.4 Å². The SMILES string of the molecule is C=CCC(C)(C)C=C=C(CC(CC#CC)(C(=O)OC)C(=O)OC)c1ccccc1. The number of carbonyl (C=O) groups excluding carboxylic acids is 2. The number of methoxy groups -OCH3 is 2. The van der Waals surface area contributed by atoms with Crippen LogP contribution in [0.15, 0.2) is 54.8 Å². The molecule has 1 rings (SSSR count). The van der Waals surface area contributed by atoms with Crippen molar-refractivity contribution in [1.82, 2.24) is 0 Å². The Morgan fingerprint density at radius 2 is 1.69 bits per heavy atom. The highest BCUT2D eigenvalue weighted by Gasteiger charge is 2.48. The van der Waals surface area contributed by atoms with Crippen LogP contribution in [-0.2, 0) is 19.1 Å². The third-order valence-electron chi connectivity index (χ3n) is 4.63. The van der Waals surface area contributed by atoms with Gasteiger partial charge in [-0.3, -0.25) is 9.59 Å². The molecule has 0 aliphatic carbocycles. The topological polar surface area (TPSA) is 52.6 Å². The molecule has 0 spiro atoms. The van der Waals surface area contributed by atoms with E-state index >= 15 is 0 Å². The van der Waals surface area contributed by atoms with Gasteiger partial charge in [0.05, 0.1) is 14.2 Å². The Kier molecular flexibility index (Phi) is 9.19. The van der Waals surface area contributed by atoms with Gasteiger partial charge in [0.25, 0.3) is 0 Å². The Hall–Kier alpha value is -3.02. The first-order valence-corrected chi connectivity index (χ1v) is 9.46. The van der Waals surface area contributed by atoms with Gasteiger partial charge < -0.3 is 9.47 Å². The molecule has 4 heteroatoms. The molecule has 0 fully saturated rings. The zero-order valence-electron chi connectivity index (χ0n) is 18.0. The number of benzene rings is 1. The van der Waals surface area contributed by atoms with E-state index in [0.29, 0.717) is 5.57 Å². The molecule has 0 N–H and O–H groups in total. The molecule has 0 bridgehead atoms. The Balaban J connectivity index is 3.65. The molecule has 4 nitrogen and oxygen atoms in total. The Morgan fingerprint density at radius 3 is 2.17 bits per heavy atom. The molecule has 0 aliphatic heterocycles. The normalized spacial score (nSPS) is 10.7. The van der Waals surface area contributed by atoms with Crippen LogP contribution in [0.25, 0.3) is 5.57 Å². The first kappa shape index (κ1) is 24.0. The van der Waals surface area contributed by atoms with Crippen LogP contribution >= 0.6 is 0 Å². The van der Waals surface area contributed by atoms with Crippen LogP contribution in [-0.4, -0.2) is 26.2 Å². The maximum absolute atomic E-state index is 12.8. The molecule has 0 atom stereocenters. The van der Waals surface area contributed by atoms with Crippen molar-refractivity contribution >= 4 is 17.5 Å². The van der Waals surface area contributed by atoms with Gasteiger partial charge in [-0.25, -0.2) is 0 Å². The number of allylic oxidation sites excluding steroid dienone is 2. The van der Waals surface area contributed by atoms with Crippen LogP contribution in [0.5, 0.6) is 0 Å². The number of carbonyl (C=O) groups is 2. The second-order valence-electron chi connectivity index (χ2n) is 7.46. The molecule has 154 valence electrons. The van der Waals surface area contributed by atoms with Crippen LogP contribution in [0.1, 0.15) is 45.6 Å². The second kappa shape index (κ2) is 11.1. The predicted octanol–water partition coefficient (Wildman–Crippen LogP) is 4.96. The van der Waals surface area contributed by atoms with Crippen molar-refractivity contribution in [3.63, 3.8) is 0 Å². The summed E-state index contributed by atoms with van der Waals surface area (Å²) in [6, 6.07) is 9.54. The lowest BCUT2D eigenvalue weighted by Gasteiger charge is -2.27. The standard InChI is InChI=1S/C25H30O4/c1-7-9-17-25(22(26)28-5,23(27)29-6)19-21(20-13-11-10-12-14-20)15-18-24(3,4)16-8-2/h8,10-14,18H,2,16-17,19H2,1,3-6H3. The van der Waals surface area contributed by atoms with Crippen molar-refractivity contribution in [3.8, 4) is 11.8 Å². The summed E-state index contributed by atoms with van der Waals surface area (Å²) in [5, 5.41) is 0. The van der Waals surface area contributed by atoms with Crippen molar-refractivity contribution in [2.24, 2.45) is 10.8 Å². The molecule has 29 heavy (non-hydrogen) atoms. The highest BCUT2D eigenvalue weighted by Crippen LogP contribution is 2.37. The van der Waals surface area contributed by atoms with Gasteiger partial charge in [-0.1, -0.05) is 50.3 Å². The molecule has 0 aromatic heterocycles. The van der Waals surface area contributed by atoms with E-state index in [-0.39, 0.29) is 18.3 Å². The summed E-state index contributed by atoms with van der Waals surface area (Å²) < 4.78 is 9.97. The quantitative estimate of drug-likeness (QED) is 0.195. The monoisotopic (exact) mass is 394 g/mol. The maximum Gasteiger partial charge on any atom is 0.324 e. The minimum absolute atomic E-state index is 0.00306. The maximum atomic E-state index is 12.8.